The van der Waals surface area contributed by atoms with Crippen molar-refractivity contribution in [3.8, 4) is 11.5 Å². The number of aliphatic hydroxyl groups is 1. The van der Waals surface area contributed by atoms with E-state index in [4.69, 9.17) is 37.8 Å². The standard InChI is InChI=1S/C22H25Cl2NO5/c1-2-15(16-3-5-18(6-4-16)30-14-22(27)28)9-10-25-12-17(26)13-29-19-7-8-20(23)21(24)11-19/h2-8,11,17,25-26H,9-10,12-14H2,1H3,(H,27,28)/b15-2+. The zero-order valence-corrected chi connectivity index (χ0v) is 18.1. The number of carbonyl (C=O) groups is 1. The monoisotopic (exact) mass is 453 g/mol. The minimum atomic E-state index is -1.01. The Morgan fingerprint density at radius 2 is 1.80 bits per heavy atom. The van der Waals surface area contributed by atoms with Crippen LogP contribution in [0.4, 0.5) is 0 Å². The van der Waals surface area contributed by atoms with E-state index in [-0.39, 0.29) is 13.2 Å². The molecule has 3 N–H and O–H groups in total. The predicted octanol–water partition coefficient (Wildman–Crippen LogP) is 4.28. The molecule has 0 bridgehead atoms. The highest BCUT2D eigenvalue weighted by molar-refractivity contribution is 6.42. The van der Waals surface area contributed by atoms with Gasteiger partial charge in [0.25, 0.3) is 0 Å². The van der Waals surface area contributed by atoms with Crippen molar-refractivity contribution >= 4 is 34.7 Å². The van der Waals surface area contributed by atoms with Gasteiger partial charge in [-0.05, 0) is 55.3 Å². The second-order valence-electron chi connectivity index (χ2n) is 6.52. The third kappa shape index (κ3) is 8.24. The highest BCUT2D eigenvalue weighted by Crippen LogP contribution is 2.26. The molecule has 30 heavy (non-hydrogen) atoms. The number of allylic oxidation sites excluding steroid dienone is 1. The van der Waals surface area contributed by atoms with Crippen LogP contribution in [0, 0.1) is 0 Å². The first-order chi connectivity index (χ1) is 14.4. The zero-order valence-electron chi connectivity index (χ0n) is 16.6. The molecule has 0 aliphatic heterocycles. The van der Waals surface area contributed by atoms with Gasteiger partial charge in [0.15, 0.2) is 6.61 Å². The van der Waals surface area contributed by atoms with Crippen LogP contribution in [0.2, 0.25) is 10.0 Å². The molecular weight excluding hydrogens is 429 g/mol. The lowest BCUT2D eigenvalue weighted by atomic mass is 10.0. The molecule has 0 heterocycles. The molecule has 162 valence electrons. The number of ether oxygens (including phenoxy) is 2. The number of halogens is 2. The SMILES string of the molecule is C/C=C(\CCNCC(O)COc1ccc(Cl)c(Cl)c1)c1ccc(OCC(=O)O)cc1. The molecule has 0 aliphatic carbocycles. The van der Waals surface area contributed by atoms with Gasteiger partial charge in [0.05, 0.1) is 10.0 Å². The van der Waals surface area contributed by atoms with Crippen molar-refractivity contribution in [3.63, 3.8) is 0 Å². The number of nitrogens with one attached hydrogen (secondary N) is 1. The second-order valence-corrected chi connectivity index (χ2v) is 7.33. The number of aliphatic hydroxyl groups excluding tert-OH is 1. The Labute approximate surface area is 186 Å². The van der Waals surface area contributed by atoms with E-state index in [0.717, 1.165) is 17.6 Å². The van der Waals surface area contributed by atoms with Crippen LogP contribution in [0.25, 0.3) is 5.57 Å². The molecule has 0 fully saturated rings. The quantitative estimate of drug-likeness (QED) is 0.415. The lowest BCUT2D eigenvalue weighted by Gasteiger charge is -2.14. The highest BCUT2D eigenvalue weighted by atomic mass is 35.5. The molecule has 2 rings (SSSR count). The number of benzene rings is 2. The average Bonchev–Trinajstić information content (AvgIpc) is 2.73. The summed E-state index contributed by atoms with van der Waals surface area (Å²) in [5.41, 5.74) is 2.17. The number of hydrogen-bond donors (Lipinski definition) is 3. The number of hydrogen-bond acceptors (Lipinski definition) is 5. The molecule has 0 aliphatic rings. The largest absolute Gasteiger partial charge is 0.491 e. The Kier molecular flexibility index (Phi) is 9.97. The summed E-state index contributed by atoms with van der Waals surface area (Å²) in [6, 6.07) is 12.2. The Balaban J connectivity index is 1.71. The van der Waals surface area contributed by atoms with Crippen molar-refractivity contribution in [2.45, 2.75) is 19.4 Å². The van der Waals surface area contributed by atoms with E-state index in [9.17, 15) is 9.90 Å². The second kappa shape index (κ2) is 12.4. The summed E-state index contributed by atoms with van der Waals surface area (Å²) < 4.78 is 10.7. The predicted molar refractivity (Wildman–Crippen MR) is 119 cm³/mol. The lowest BCUT2D eigenvalue weighted by molar-refractivity contribution is -0.139. The van der Waals surface area contributed by atoms with Gasteiger partial charge in [-0.3, -0.25) is 0 Å². The van der Waals surface area contributed by atoms with Crippen molar-refractivity contribution < 1.29 is 24.5 Å². The van der Waals surface area contributed by atoms with Gasteiger partial charge in [0.1, 0.15) is 24.2 Å². The highest BCUT2D eigenvalue weighted by Gasteiger charge is 2.08. The summed E-state index contributed by atoms with van der Waals surface area (Å²) in [4.78, 5) is 10.6. The van der Waals surface area contributed by atoms with Gasteiger partial charge >= 0.3 is 5.97 Å². The molecule has 6 nitrogen and oxygen atoms in total. The van der Waals surface area contributed by atoms with E-state index in [1.807, 2.05) is 25.1 Å². The van der Waals surface area contributed by atoms with Gasteiger partial charge in [-0.25, -0.2) is 4.79 Å². The van der Waals surface area contributed by atoms with Crippen LogP contribution in [0.15, 0.2) is 48.5 Å². The molecule has 2 aromatic carbocycles. The van der Waals surface area contributed by atoms with Crippen LogP contribution < -0.4 is 14.8 Å². The van der Waals surface area contributed by atoms with E-state index in [1.54, 1.807) is 30.3 Å². The van der Waals surface area contributed by atoms with Crippen molar-refractivity contribution in [2.24, 2.45) is 0 Å². The lowest BCUT2D eigenvalue weighted by Crippen LogP contribution is -2.32. The molecule has 1 atom stereocenters. The summed E-state index contributed by atoms with van der Waals surface area (Å²) in [6.07, 6.45) is 2.13. The van der Waals surface area contributed by atoms with Gasteiger partial charge in [-0.1, -0.05) is 41.4 Å². The minimum Gasteiger partial charge on any atom is -0.491 e. The summed E-state index contributed by atoms with van der Waals surface area (Å²) in [5.74, 6) is 0.0547. The Hall–Kier alpha value is -2.25. The van der Waals surface area contributed by atoms with E-state index in [1.165, 1.54) is 0 Å². The normalized spacial score (nSPS) is 12.5. The maximum absolute atomic E-state index is 10.6. The number of rotatable bonds is 12. The number of carboxylic acids is 1. The smallest absolute Gasteiger partial charge is 0.341 e. The van der Waals surface area contributed by atoms with Crippen molar-refractivity contribution in [1.29, 1.82) is 0 Å². The average molecular weight is 454 g/mol. The van der Waals surface area contributed by atoms with Gasteiger partial charge in [-0.2, -0.15) is 0 Å². The van der Waals surface area contributed by atoms with E-state index < -0.39 is 12.1 Å². The van der Waals surface area contributed by atoms with Crippen LogP contribution in [0.3, 0.4) is 0 Å². The molecule has 1 unspecified atom stereocenters. The molecule has 2 aromatic rings. The molecule has 0 aromatic heterocycles. The first-order valence-corrected chi connectivity index (χ1v) is 10.2. The summed E-state index contributed by atoms with van der Waals surface area (Å²) in [7, 11) is 0. The Morgan fingerprint density at radius 3 is 2.43 bits per heavy atom. The van der Waals surface area contributed by atoms with Crippen LogP contribution in [0.5, 0.6) is 11.5 Å². The fourth-order valence-electron chi connectivity index (χ4n) is 2.68. The third-order valence-electron chi connectivity index (χ3n) is 4.22. The Morgan fingerprint density at radius 1 is 1.10 bits per heavy atom. The molecular formula is C22H25Cl2NO5. The maximum atomic E-state index is 10.6. The van der Waals surface area contributed by atoms with Gasteiger partial charge in [0.2, 0.25) is 0 Å². The van der Waals surface area contributed by atoms with Gasteiger partial charge in [-0.15, -0.1) is 0 Å². The first-order valence-electron chi connectivity index (χ1n) is 9.46. The fraction of sp³-hybridized carbons (Fsp3) is 0.318. The van der Waals surface area contributed by atoms with Crippen molar-refractivity contribution in [2.75, 3.05) is 26.3 Å². The summed E-state index contributed by atoms with van der Waals surface area (Å²) >= 11 is 11.8. The van der Waals surface area contributed by atoms with Gasteiger partial charge in [0, 0.05) is 12.6 Å². The summed E-state index contributed by atoms with van der Waals surface area (Å²) in [6.45, 7) is 2.81. The van der Waals surface area contributed by atoms with Crippen molar-refractivity contribution in [3.05, 3.63) is 64.1 Å². The first kappa shape index (κ1) is 24.0. The van der Waals surface area contributed by atoms with Gasteiger partial charge < -0.3 is 25.0 Å². The van der Waals surface area contributed by atoms with Crippen LogP contribution >= 0.6 is 23.2 Å². The molecule has 0 amide bonds. The van der Waals surface area contributed by atoms with Crippen molar-refractivity contribution in [1.82, 2.24) is 5.32 Å². The molecule has 0 spiro atoms. The third-order valence-corrected chi connectivity index (χ3v) is 4.96. The topological polar surface area (TPSA) is 88.0 Å². The van der Waals surface area contributed by atoms with E-state index in [2.05, 4.69) is 5.32 Å². The molecule has 0 saturated heterocycles. The summed E-state index contributed by atoms with van der Waals surface area (Å²) in [5, 5.41) is 22.8. The van der Waals surface area contributed by atoms with Crippen LogP contribution in [-0.4, -0.2) is 48.6 Å². The zero-order chi connectivity index (χ0) is 21.9. The number of aliphatic carboxylic acids is 1. The molecule has 0 radical (unpaired) electrons. The Bertz CT molecular complexity index is 855. The molecule has 0 saturated carbocycles. The minimum absolute atomic E-state index is 0.138. The number of carboxylic acid groups (broad SMARTS) is 1. The molecule has 8 heteroatoms. The van der Waals surface area contributed by atoms with Crippen LogP contribution in [-0.2, 0) is 4.79 Å². The van der Waals surface area contributed by atoms with E-state index in [0.29, 0.717) is 34.6 Å². The van der Waals surface area contributed by atoms with Crippen LogP contribution in [0.1, 0.15) is 18.9 Å². The fourth-order valence-corrected chi connectivity index (χ4v) is 2.96. The van der Waals surface area contributed by atoms with E-state index >= 15 is 0 Å². The maximum Gasteiger partial charge on any atom is 0.341 e.